The van der Waals surface area contributed by atoms with E-state index in [4.69, 9.17) is 42.2 Å². The Labute approximate surface area is 592 Å². The lowest BCUT2D eigenvalue weighted by atomic mass is 9.84. The van der Waals surface area contributed by atoms with Gasteiger partial charge in [0.15, 0.2) is 18.7 Å². The number of unbranched alkanes of at least 4 members (excludes halogenated alkanes) is 38. The normalized spacial score (nSPS) is 27.5. The molecule has 0 aromatic carbocycles. The summed E-state index contributed by atoms with van der Waals surface area (Å²) in [6, 6.07) is 0. The highest BCUT2D eigenvalue weighted by Gasteiger charge is 2.58. The smallest absolute Gasteiger partial charge is 0.463 e. The molecule has 11 N–H and O–H groups in total. The topological polar surface area (TPSA) is 374 Å². The van der Waals surface area contributed by atoms with E-state index in [1.54, 1.807) is 0 Å². The Balaban J connectivity index is 1.72. The molecular weight excluding hydrogens is 1300 g/mol. The minimum absolute atomic E-state index is 0.0323. The fourth-order valence-corrected chi connectivity index (χ4v) is 13.9. The molecule has 0 aromatic rings. The van der Waals surface area contributed by atoms with Crippen LogP contribution in [0.4, 0.5) is 0 Å². The van der Waals surface area contributed by atoms with Crippen LogP contribution in [0.15, 0.2) is 12.2 Å². The highest BCUT2D eigenvalue weighted by Crippen LogP contribution is 2.49. The van der Waals surface area contributed by atoms with Crippen molar-refractivity contribution in [3.05, 3.63) is 12.2 Å². The monoisotopic (exact) mass is 1440 g/mol. The highest BCUT2D eigenvalue weighted by molar-refractivity contribution is 7.47. The van der Waals surface area contributed by atoms with E-state index in [0.29, 0.717) is 25.7 Å². The first kappa shape index (κ1) is 90.9. The first-order chi connectivity index (χ1) is 47.8. The number of rotatable bonds is 61. The maximum atomic E-state index is 14.3. The van der Waals surface area contributed by atoms with E-state index in [9.17, 15) is 74.9 Å². The van der Waals surface area contributed by atoms with Crippen LogP contribution in [0.3, 0.4) is 0 Å². The average Bonchev–Trinajstić information content (AvgIpc) is 0.764. The molecule has 0 amide bonds. The molecule has 2 heterocycles. The molecule has 24 nitrogen and oxygen atoms in total. The van der Waals surface area contributed by atoms with Crippen molar-refractivity contribution in [2.24, 2.45) is 0 Å². The summed E-state index contributed by atoms with van der Waals surface area (Å²) < 4.78 is 65.1. The van der Waals surface area contributed by atoms with Gasteiger partial charge in [0.1, 0.15) is 98.7 Å². The quantitative estimate of drug-likeness (QED) is 0.00886. The molecule has 1 saturated carbocycles. The summed E-state index contributed by atoms with van der Waals surface area (Å²) in [5.74, 6) is -2.00. The van der Waals surface area contributed by atoms with Crippen LogP contribution in [-0.2, 0) is 61.2 Å². The number of allylic oxidation sites excluding steroid dienone is 2. The van der Waals surface area contributed by atoms with Crippen LogP contribution in [0.2, 0.25) is 0 Å². The van der Waals surface area contributed by atoms with E-state index in [-0.39, 0.29) is 19.3 Å². The van der Waals surface area contributed by atoms with Crippen molar-refractivity contribution < 1.29 is 117 Å². The number of ether oxygens (including phenoxy) is 7. The largest absolute Gasteiger partial charge is 0.472 e. The van der Waals surface area contributed by atoms with Gasteiger partial charge in [-0.15, -0.1) is 0 Å². The number of carbonyl (C=O) groups excluding carboxylic acids is 3. The molecule has 2 saturated heterocycles. The van der Waals surface area contributed by atoms with Crippen molar-refractivity contribution in [3.63, 3.8) is 0 Å². The van der Waals surface area contributed by atoms with Crippen LogP contribution in [0.25, 0.3) is 0 Å². The van der Waals surface area contributed by atoms with E-state index in [0.717, 1.165) is 89.9 Å². The summed E-state index contributed by atoms with van der Waals surface area (Å²) in [6.45, 7) is 3.46. The second kappa shape index (κ2) is 56.1. The lowest BCUT2D eigenvalue weighted by Gasteiger charge is -2.49. The average molecular weight is 1440 g/mol. The van der Waals surface area contributed by atoms with E-state index in [1.165, 1.54) is 154 Å². The van der Waals surface area contributed by atoms with Gasteiger partial charge in [0.2, 0.25) is 0 Å². The van der Waals surface area contributed by atoms with Gasteiger partial charge in [-0.2, -0.15) is 0 Å². The fraction of sp³-hybridized carbons (Fsp3) is 0.932. The summed E-state index contributed by atoms with van der Waals surface area (Å²) in [6.07, 6.45) is 15.5. The van der Waals surface area contributed by atoms with Gasteiger partial charge in [0.05, 0.1) is 13.2 Å². The van der Waals surface area contributed by atoms with Crippen molar-refractivity contribution in [1.29, 1.82) is 0 Å². The van der Waals surface area contributed by atoms with E-state index < -0.39 is 156 Å². The molecule has 3 aliphatic rings. The Hall–Kier alpha value is -2.30. The zero-order valence-corrected chi connectivity index (χ0v) is 61.7. The van der Waals surface area contributed by atoms with Gasteiger partial charge < -0.3 is 89.1 Å². The molecule has 0 bridgehead atoms. The van der Waals surface area contributed by atoms with Gasteiger partial charge in [-0.05, 0) is 44.9 Å². The third-order valence-electron chi connectivity index (χ3n) is 19.3. The summed E-state index contributed by atoms with van der Waals surface area (Å²) >= 11 is 0. The highest BCUT2D eigenvalue weighted by atomic mass is 31.2. The van der Waals surface area contributed by atoms with Crippen molar-refractivity contribution >= 4 is 25.7 Å². The third-order valence-corrected chi connectivity index (χ3v) is 20.3. The first-order valence-corrected chi connectivity index (χ1v) is 40.5. The molecule has 99 heavy (non-hydrogen) atoms. The third kappa shape index (κ3) is 39.0. The number of aliphatic hydroxyl groups is 10. The van der Waals surface area contributed by atoms with Crippen molar-refractivity contribution in [2.75, 3.05) is 26.4 Å². The van der Waals surface area contributed by atoms with Crippen molar-refractivity contribution in [1.82, 2.24) is 0 Å². The summed E-state index contributed by atoms with van der Waals surface area (Å²) in [5, 5.41) is 110. The number of hydrogen-bond donors (Lipinski definition) is 11. The number of carbonyl (C=O) groups is 3. The second-order valence-electron chi connectivity index (χ2n) is 28.1. The predicted molar refractivity (Wildman–Crippen MR) is 375 cm³/mol. The zero-order chi connectivity index (χ0) is 72.5. The molecule has 0 spiro atoms. The molecule has 25 heteroatoms. The molecule has 2 aliphatic heterocycles. The van der Waals surface area contributed by atoms with Crippen LogP contribution in [0.5, 0.6) is 0 Å². The van der Waals surface area contributed by atoms with Crippen LogP contribution in [0, 0.1) is 0 Å². The molecular formula is C74H137O24P. The SMILES string of the molecule is CCCCCCCCC/C=C\CCCCCC(=O)OC(COC(=O)CCCCCCCCCCCCCCCC)COP(=O)(O)OC1C(OC2OC(CO)C(O)C(O)C2O)C(O)C(O)C(O)C1OC1OC(COC(=O)CCCCCCCCCCCCCCCCCC)C(O)C(O)C1O. The van der Waals surface area contributed by atoms with Crippen molar-refractivity contribution in [2.45, 2.75) is 414 Å². The standard InChI is InChI=1S/C74H137O24P/c1-4-7-10-13-16-19-22-25-28-29-32-34-37-40-43-46-49-59(77)91-54-57-62(80)64(82)69(87)74(95-57)97-71-67(85)65(83)66(84)70(96-73-68(86)63(81)61(79)56(51-75)94-73)72(71)98-99(88,89)92-53-55(93-60(78)50-47-44-41-38-35-31-27-24-21-18-15-12-9-6-3)52-90-58(76)48-45-42-39-36-33-30-26-23-20-17-14-11-8-5-2/h31,35,55-57,61-75,79-87H,4-30,32-34,36-54H2,1-3H3,(H,88,89)/b35-31-. The van der Waals surface area contributed by atoms with Gasteiger partial charge in [0, 0.05) is 19.3 Å². The van der Waals surface area contributed by atoms with Gasteiger partial charge in [-0.3, -0.25) is 23.4 Å². The lowest BCUT2D eigenvalue weighted by Crippen LogP contribution is -2.69. The Bertz CT molecular complexity index is 2090. The lowest BCUT2D eigenvalue weighted by molar-refractivity contribution is -0.360. The maximum Gasteiger partial charge on any atom is 0.472 e. The van der Waals surface area contributed by atoms with Crippen LogP contribution in [0.1, 0.15) is 310 Å². The van der Waals surface area contributed by atoms with Gasteiger partial charge in [-0.25, -0.2) is 4.57 Å². The Morgan fingerprint density at radius 3 is 1.10 bits per heavy atom. The van der Waals surface area contributed by atoms with E-state index >= 15 is 0 Å². The van der Waals surface area contributed by atoms with Crippen molar-refractivity contribution in [3.8, 4) is 0 Å². The van der Waals surface area contributed by atoms with Crippen LogP contribution >= 0.6 is 7.82 Å². The number of hydrogen-bond acceptors (Lipinski definition) is 23. The Morgan fingerprint density at radius 1 is 0.384 bits per heavy atom. The number of aliphatic hydroxyl groups excluding tert-OH is 10. The molecule has 3 fully saturated rings. The molecule has 18 atom stereocenters. The van der Waals surface area contributed by atoms with Gasteiger partial charge >= 0.3 is 25.7 Å². The zero-order valence-electron chi connectivity index (χ0n) is 60.8. The van der Waals surface area contributed by atoms with E-state index in [1.807, 2.05) is 0 Å². The van der Waals surface area contributed by atoms with Crippen LogP contribution < -0.4 is 0 Å². The fourth-order valence-electron chi connectivity index (χ4n) is 12.9. The molecule has 0 radical (unpaired) electrons. The minimum Gasteiger partial charge on any atom is -0.463 e. The number of esters is 3. The predicted octanol–water partition coefficient (Wildman–Crippen LogP) is 11.1. The summed E-state index contributed by atoms with van der Waals surface area (Å²) in [5.41, 5.74) is 0. The molecule has 0 aromatic heterocycles. The molecule has 18 unspecified atom stereocenters. The summed E-state index contributed by atoms with van der Waals surface area (Å²) in [4.78, 5) is 51.0. The van der Waals surface area contributed by atoms with Crippen LogP contribution in [-0.4, -0.2) is 204 Å². The number of phosphoric ester groups is 1. The molecule has 1 aliphatic carbocycles. The Morgan fingerprint density at radius 2 is 0.707 bits per heavy atom. The second-order valence-corrected chi connectivity index (χ2v) is 29.5. The molecule has 582 valence electrons. The Kier molecular flexibility index (Phi) is 51.5. The minimum atomic E-state index is -5.70. The molecule has 3 rings (SSSR count). The van der Waals surface area contributed by atoms with Gasteiger partial charge in [-0.1, -0.05) is 258 Å². The first-order valence-electron chi connectivity index (χ1n) is 39.0. The summed E-state index contributed by atoms with van der Waals surface area (Å²) in [7, 11) is -5.70. The van der Waals surface area contributed by atoms with E-state index in [2.05, 4.69) is 32.9 Å². The van der Waals surface area contributed by atoms with Gasteiger partial charge in [0.25, 0.3) is 0 Å². The number of phosphoric acid groups is 1. The maximum absolute atomic E-state index is 14.3.